The van der Waals surface area contributed by atoms with Crippen LogP contribution in [0.25, 0.3) is 5.00 Å². The van der Waals surface area contributed by atoms with E-state index in [2.05, 4.69) is 58.2 Å². The summed E-state index contributed by atoms with van der Waals surface area (Å²) < 4.78 is 2.14. The Balaban J connectivity index is 1.59. The van der Waals surface area contributed by atoms with Gasteiger partial charge in [-0.1, -0.05) is 41.9 Å². The van der Waals surface area contributed by atoms with Crippen molar-refractivity contribution in [2.45, 2.75) is 33.4 Å². The third kappa shape index (κ3) is 2.88. The van der Waals surface area contributed by atoms with Gasteiger partial charge >= 0.3 is 0 Å². The largest absolute Gasteiger partial charge is 0.363 e. The molecule has 4 aromatic rings. The van der Waals surface area contributed by atoms with E-state index in [9.17, 15) is 0 Å². The Morgan fingerprint density at radius 2 is 1.81 bits per heavy atom. The molecule has 0 radical (unpaired) electrons. The predicted molar refractivity (Wildman–Crippen MR) is 131 cm³/mol. The molecule has 1 atom stereocenters. The number of aryl methyl sites for hydroxylation is 2. The molecule has 0 amide bonds. The van der Waals surface area contributed by atoms with Crippen LogP contribution in [0.3, 0.4) is 0 Å². The van der Waals surface area contributed by atoms with Crippen LogP contribution in [0, 0.1) is 20.8 Å². The molecule has 2 aliphatic rings. The van der Waals surface area contributed by atoms with Crippen molar-refractivity contribution in [1.82, 2.24) is 14.8 Å². The molecule has 0 saturated carbocycles. The highest BCUT2D eigenvalue weighted by atomic mass is 35.5. The van der Waals surface area contributed by atoms with Crippen molar-refractivity contribution in [2.24, 2.45) is 5.10 Å². The molecular weight excluding hydrogens is 440 g/mol. The number of anilines is 2. The maximum Gasteiger partial charge on any atom is 0.255 e. The van der Waals surface area contributed by atoms with Gasteiger partial charge in [0.05, 0.1) is 0 Å². The van der Waals surface area contributed by atoms with Gasteiger partial charge in [-0.05, 0) is 50.1 Å². The smallest absolute Gasteiger partial charge is 0.255 e. The van der Waals surface area contributed by atoms with Crippen LogP contribution in [-0.2, 0) is 6.42 Å². The molecule has 32 heavy (non-hydrogen) atoms. The summed E-state index contributed by atoms with van der Waals surface area (Å²) in [5.41, 5.74) is 6.69. The van der Waals surface area contributed by atoms with Crippen molar-refractivity contribution < 1.29 is 0 Å². The molecule has 4 heterocycles. The number of para-hydroxylation sites is 1. The second-order valence-corrected chi connectivity index (χ2v) is 9.81. The average molecular weight is 461 g/mol. The van der Waals surface area contributed by atoms with E-state index in [4.69, 9.17) is 16.7 Å². The molecule has 0 aliphatic carbocycles. The second-order valence-electron chi connectivity index (χ2n) is 8.17. The van der Waals surface area contributed by atoms with Crippen LogP contribution in [0.2, 0.25) is 5.02 Å². The summed E-state index contributed by atoms with van der Waals surface area (Å²) in [5, 5.41) is 21.7. The van der Waals surface area contributed by atoms with Gasteiger partial charge in [-0.15, -0.1) is 21.5 Å². The maximum atomic E-state index is 6.20. The molecule has 6 rings (SSSR count). The topological polar surface area (TPSA) is 58.3 Å². The fourth-order valence-corrected chi connectivity index (χ4v) is 5.76. The molecule has 0 saturated heterocycles. The van der Waals surface area contributed by atoms with Gasteiger partial charge in [0, 0.05) is 33.1 Å². The summed E-state index contributed by atoms with van der Waals surface area (Å²) in [5.74, 6) is 1.56. The van der Waals surface area contributed by atoms with Crippen LogP contribution < -0.4 is 10.3 Å². The molecule has 2 aromatic heterocycles. The normalized spacial score (nSPS) is 16.7. The summed E-state index contributed by atoms with van der Waals surface area (Å²) in [6.07, 6.45) is 0.762. The maximum absolute atomic E-state index is 6.20. The first-order chi connectivity index (χ1) is 15.5. The monoisotopic (exact) mass is 460 g/mol. The minimum atomic E-state index is -0.0625. The third-order valence-corrected chi connectivity index (χ3v) is 7.64. The summed E-state index contributed by atoms with van der Waals surface area (Å²) in [6, 6.07) is 16.3. The molecule has 0 bridgehead atoms. The highest BCUT2D eigenvalue weighted by Crippen LogP contribution is 2.40. The van der Waals surface area contributed by atoms with Gasteiger partial charge in [-0.25, -0.2) is 5.01 Å². The third-order valence-electron chi connectivity index (χ3n) is 6.19. The Bertz CT molecular complexity index is 1360. The van der Waals surface area contributed by atoms with Crippen molar-refractivity contribution in [3.63, 3.8) is 0 Å². The number of fused-ring (bicyclic) bond motifs is 4. The highest BCUT2D eigenvalue weighted by Gasteiger charge is 2.35. The van der Waals surface area contributed by atoms with Crippen molar-refractivity contribution in [3.05, 3.63) is 86.5 Å². The molecule has 1 N–H and O–H groups in total. The molecule has 0 spiro atoms. The molecule has 2 aromatic carbocycles. The van der Waals surface area contributed by atoms with E-state index < -0.39 is 0 Å². The zero-order valence-corrected chi connectivity index (χ0v) is 19.5. The van der Waals surface area contributed by atoms with Gasteiger partial charge in [0.15, 0.2) is 0 Å². The summed E-state index contributed by atoms with van der Waals surface area (Å²) in [6.45, 7) is 6.31. The standard InChI is InChI=1S/C24H21ClN6S/c1-13-14(2)32-23-21(13)22(16-8-10-18(25)11-9-16)29-31(24-28-27-15(3)30(23)24)20-12-17-6-4-5-7-19(17)26-20/h4-11,20,26H,12H2,1-3H3. The fourth-order valence-electron chi connectivity index (χ4n) is 4.43. The lowest BCUT2D eigenvalue weighted by molar-refractivity contribution is 0.667. The Morgan fingerprint density at radius 3 is 2.59 bits per heavy atom. The lowest BCUT2D eigenvalue weighted by Crippen LogP contribution is -2.37. The predicted octanol–water partition coefficient (Wildman–Crippen LogP) is 5.47. The van der Waals surface area contributed by atoms with Gasteiger partial charge in [0.1, 0.15) is 22.7 Å². The quantitative estimate of drug-likeness (QED) is 0.430. The molecular formula is C24H21ClN6S. The van der Waals surface area contributed by atoms with Crippen molar-refractivity contribution in [2.75, 3.05) is 10.3 Å². The Morgan fingerprint density at radius 1 is 1.03 bits per heavy atom. The summed E-state index contributed by atoms with van der Waals surface area (Å²) >= 11 is 7.95. The minimum absolute atomic E-state index is 0.0625. The number of nitrogens with one attached hydrogen (secondary N) is 1. The van der Waals surface area contributed by atoms with E-state index in [-0.39, 0.29) is 6.17 Å². The van der Waals surface area contributed by atoms with E-state index >= 15 is 0 Å². The molecule has 2 aliphatic heterocycles. The van der Waals surface area contributed by atoms with Crippen molar-refractivity contribution >= 4 is 40.3 Å². The molecule has 1 unspecified atom stereocenters. The number of rotatable bonds is 2. The van der Waals surface area contributed by atoms with Gasteiger partial charge in [0.25, 0.3) is 5.95 Å². The van der Waals surface area contributed by atoms with Crippen LogP contribution in [0.4, 0.5) is 11.6 Å². The zero-order chi connectivity index (χ0) is 22.0. The average Bonchev–Trinajstić information content (AvgIpc) is 3.43. The number of hydrazone groups is 1. The fraction of sp³-hybridized carbons (Fsp3) is 0.208. The number of hydrogen-bond acceptors (Lipinski definition) is 6. The van der Waals surface area contributed by atoms with Crippen LogP contribution in [-0.4, -0.2) is 26.6 Å². The van der Waals surface area contributed by atoms with Crippen LogP contribution in [0.5, 0.6) is 0 Å². The van der Waals surface area contributed by atoms with Crippen LogP contribution >= 0.6 is 22.9 Å². The summed E-state index contributed by atoms with van der Waals surface area (Å²) in [4.78, 5) is 1.26. The lowest BCUT2D eigenvalue weighted by atomic mass is 10.00. The second kappa shape index (κ2) is 7.18. The van der Waals surface area contributed by atoms with Gasteiger partial charge < -0.3 is 5.32 Å². The SMILES string of the molecule is Cc1sc2c(c1C)C(c1ccc(Cl)cc1)=NN(C1Cc3ccccc3N1)c1nnc(C)n1-2. The Kier molecular flexibility index (Phi) is 4.38. The van der Waals surface area contributed by atoms with E-state index in [1.165, 1.54) is 16.0 Å². The number of aromatic nitrogens is 3. The molecule has 160 valence electrons. The van der Waals surface area contributed by atoms with Crippen LogP contribution in [0.15, 0.2) is 53.6 Å². The number of nitrogens with zero attached hydrogens (tertiary/aromatic N) is 5. The Labute approximate surface area is 195 Å². The van der Waals surface area contributed by atoms with Gasteiger partial charge in [0.2, 0.25) is 0 Å². The first-order valence-electron chi connectivity index (χ1n) is 10.5. The molecule has 8 heteroatoms. The zero-order valence-electron chi connectivity index (χ0n) is 17.9. The van der Waals surface area contributed by atoms with E-state index in [1.807, 2.05) is 36.2 Å². The number of hydrogen-bond donors (Lipinski definition) is 1. The Hall–Kier alpha value is -3.16. The number of halogens is 1. The lowest BCUT2D eigenvalue weighted by Gasteiger charge is -2.25. The van der Waals surface area contributed by atoms with E-state index in [1.54, 1.807) is 11.3 Å². The molecule has 6 nitrogen and oxygen atoms in total. The first kappa shape index (κ1) is 19.5. The molecule has 0 fully saturated rings. The number of thiophene rings is 1. The van der Waals surface area contributed by atoms with Gasteiger partial charge in [-0.3, -0.25) is 4.57 Å². The number of benzene rings is 2. The minimum Gasteiger partial charge on any atom is -0.363 e. The first-order valence-corrected chi connectivity index (χ1v) is 11.7. The highest BCUT2D eigenvalue weighted by molar-refractivity contribution is 7.15. The van der Waals surface area contributed by atoms with E-state index in [0.717, 1.165) is 45.7 Å². The summed E-state index contributed by atoms with van der Waals surface area (Å²) in [7, 11) is 0. The van der Waals surface area contributed by atoms with Crippen LogP contribution in [0.1, 0.15) is 33.0 Å². The van der Waals surface area contributed by atoms with Gasteiger partial charge in [-0.2, -0.15) is 5.10 Å². The van der Waals surface area contributed by atoms with Crippen molar-refractivity contribution in [3.8, 4) is 5.00 Å². The van der Waals surface area contributed by atoms with E-state index in [0.29, 0.717) is 5.02 Å². The van der Waals surface area contributed by atoms with Crippen molar-refractivity contribution in [1.29, 1.82) is 0 Å².